The van der Waals surface area contributed by atoms with Crippen molar-refractivity contribution in [2.24, 2.45) is 0 Å². The standard InChI is InChI=1S/C17H16O5/c1-2-20-15(18)10-13-8-9-21-17(13)14(11-16(19)22-17)12-6-4-3-5-7-12/h3-7,10-11H,2,8-9H2,1H3/b13-10-. The highest BCUT2D eigenvalue weighted by Gasteiger charge is 2.51. The minimum atomic E-state index is -1.30. The molecule has 0 aliphatic carbocycles. The largest absolute Gasteiger partial charge is 0.463 e. The molecule has 0 N–H and O–H groups in total. The van der Waals surface area contributed by atoms with Gasteiger partial charge in [-0.15, -0.1) is 0 Å². The second-order valence-electron chi connectivity index (χ2n) is 4.98. The van der Waals surface area contributed by atoms with Gasteiger partial charge in [0.05, 0.1) is 13.2 Å². The molecule has 1 saturated heterocycles. The topological polar surface area (TPSA) is 61.8 Å². The van der Waals surface area contributed by atoms with Gasteiger partial charge in [-0.3, -0.25) is 0 Å². The molecule has 0 bridgehead atoms. The fourth-order valence-electron chi connectivity index (χ4n) is 2.73. The maximum atomic E-state index is 11.8. The third-order valence-corrected chi connectivity index (χ3v) is 3.62. The molecule has 5 nitrogen and oxygen atoms in total. The highest BCUT2D eigenvalue weighted by Crippen LogP contribution is 2.46. The average molecular weight is 300 g/mol. The van der Waals surface area contributed by atoms with E-state index in [1.807, 2.05) is 30.3 Å². The van der Waals surface area contributed by atoms with Gasteiger partial charge in [0.1, 0.15) is 0 Å². The van der Waals surface area contributed by atoms with Crippen LogP contribution in [-0.4, -0.2) is 30.9 Å². The van der Waals surface area contributed by atoms with Gasteiger partial charge in [-0.05, 0) is 18.9 Å². The summed E-state index contributed by atoms with van der Waals surface area (Å²) < 4.78 is 16.1. The molecule has 0 radical (unpaired) electrons. The Morgan fingerprint density at radius 1 is 1.36 bits per heavy atom. The summed E-state index contributed by atoms with van der Waals surface area (Å²) >= 11 is 0. The lowest BCUT2D eigenvalue weighted by Gasteiger charge is -2.27. The number of esters is 2. The van der Waals surface area contributed by atoms with Crippen molar-refractivity contribution < 1.29 is 23.8 Å². The molecule has 0 saturated carbocycles. The second-order valence-corrected chi connectivity index (χ2v) is 4.98. The normalized spacial score (nSPS) is 25.4. The number of carbonyl (C=O) groups excluding carboxylic acids is 2. The first-order chi connectivity index (χ1) is 10.7. The number of carbonyl (C=O) groups is 2. The first-order valence-corrected chi connectivity index (χ1v) is 7.18. The van der Waals surface area contributed by atoms with Crippen LogP contribution >= 0.6 is 0 Å². The molecule has 1 aromatic rings. The van der Waals surface area contributed by atoms with Crippen molar-refractivity contribution in [1.29, 1.82) is 0 Å². The molecule has 5 heteroatoms. The van der Waals surface area contributed by atoms with Gasteiger partial charge in [0.2, 0.25) is 0 Å². The summed E-state index contributed by atoms with van der Waals surface area (Å²) in [7, 11) is 0. The van der Waals surface area contributed by atoms with E-state index in [1.165, 1.54) is 12.2 Å². The van der Waals surface area contributed by atoms with Gasteiger partial charge in [0.25, 0.3) is 5.79 Å². The molecule has 114 valence electrons. The van der Waals surface area contributed by atoms with Crippen molar-refractivity contribution in [3.05, 3.63) is 53.6 Å². The third-order valence-electron chi connectivity index (χ3n) is 3.62. The number of ether oxygens (including phenoxy) is 3. The monoisotopic (exact) mass is 300 g/mol. The van der Waals surface area contributed by atoms with Crippen LogP contribution in [0.1, 0.15) is 18.9 Å². The zero-order valence-corrected chi connectivity index (χ0v) is 12.2. The van der Waals surface area contributed by atoms with Gasteiger partial charge >= 0.3 is 11.9 Å². The first-order valence-electron chi connectivity index (χ1n) is 7.18. The van der Waals surface area contributed by atoms with Gasteiger partial charge in [0, 0.05) is 23.3 Å². The van der Waals surface area contributed by atoms with Crippen molar-refractivity contribution in [2.45, 2.75) is 19.1 Å². The number of rotatable bonds is 3. The molecular formula is C17H16O5. The first kappa shape index (κ1) is 14.5. The fraction of sp³-hybridized carbons (Fsp3) is 0.294. The van der Waals surface area contributed by atoms with Crippen LogP contribution in [-0.2, 0) is 23.8 Å². The van der Waals surface area contributed by atoms with Crippen molar-refractivity contribution >= 4 is 17.5 Å². The minimum Gasteiger partial charge on any atom is -0.463 e. The zero-order valence-electron chi connectivity index (χ0n) is 12.2. The van der Waals surface area contributed by atoms with Crippen LogP contribution in [0.3, 0.4) is 0 Å². The van der Waals surface area contributed by atoms with Crippen molar-refractivity contribution in [3.63, 3.8) is 0 Å². The van der Waals surface area contributed by atoms with Gasteiger partial charge in [-0.25, -0.2) is 9.59 Å². The summed E-state index contributed by atoms with van der Waals surface area (Å²) in [6.45, 7) is 2.41. The van der Waals surface area contributed by atoms with Crippen LogP contribution < -0.4 is 0 Å². The van der Waals surface area contributed by atoms with E-state index in [0.717, 1.165) is 5.56 Å². The van der Waals surface area contributed by atoms with E-state index in [9.17, 15) is 9.59 Å². The summed E-state index contributed by atoms with van der Waals surface area (Å²) in [4.78, 5) is 23.6. The predicted octanol–water partition coefficient (Wildman–Crippen LogP) is 2.23. The molecule has 1 aromatic carbocycles. The van der Waals surface area contributed by atoms with Gasteiger partial charge in [0.15, 0.2) is 0 Å². The highest BCUT2D eigenvalue weighted by atomic mass is 16.7. The lowest BCUT2D eigenvalue weighted by molar-refractivity contribution is -0.170. The lowest BCUT2D eigenvalue weighted by Crippen LogP contribution is -2.32. The molecule has 0 amide bonds. The van der Waals surface area contributed by atoms with E-state index in [2.05, 4.69) is 0 Å². The Hall–Kier alpha value is -2.40. The Labute approximate surface area is 128 Å². The summed E-state index contributed by atoms with van der Waals surface area (Å²) in [5.41, 5.74) is 2.04. The number of hydrogen-bond donors (Lipinski definition) is 0. The third kappa shape index (κ3) is 2.44. The molecular weight excluding hydrogens is 284 g/mol. The molecule has 22 heavy (non-hydrogen) atoms. The van der Waals surface area contributed by atoms with Gasteiger partial charge < -0.3 is 14.2 Å². The molecule has 2 heterocycles. The molecule has 1 atom stereocenters. The molecule has 3 rings (SSSR count). The molecule has 0 aromatic heterocycles. The zero-order chi connectivity index (χ0) is 15.6. The van der Waals surface area contributed by atoms with Crippen molar-refractivity contribution in [3.8, 4) is 0 Å². The summed E-state index contributed by atoms with van der Waals surface area (Å²) in [5.74, 6) is -2.24. The Kier molecular flexibility index (Phi) is 3.81. The molecule has 2 aliphatic rings. The van der Waals surface area contributed by atoms with E-state index < -0.39 is 17.7 Å². The summed E-state index contributed by atoms with van der Waals surface area (Å²) in [6.07, 6.45) is 3.29. The molecule has 2 aliphatic heterocycles. The Balaban J connectivity index is 2.02. The lowest BCUT2D eigenvalue weighted by atomic mass is 9.92. The van der Waals surface area contributed by atoms with Gasteiger partial charge in [-0.2, -0.15) is 0 Å². The maximum Gasteiger partial charge on any atom is 0.334 e. The Bertz CT molecular complexity index is 659. The van der Waals surface area contributed by atoms with Crippen molar-refractivity contribution in [1.82, 2.24) is 0 Å². The van der Waals surface area contributed by atoms with E-state index in [1.54, 1.807) is 6.92 Å². The van der Waals surface area contributed by atoms with Gasteiger partial charge in [-0.1, -0.05) is 30.3 Å². The van der Waals surface area contributed by atoms with Crippen LogP contribution in [0, 0.1) is 0 Å². The van der Waals surface area contributed by atoms with Crippen LogP contribution in [0.4, 0.5) is 0 Å². The Morgan fingerprint density at radius 3 is 2.86 bits per heavy atom. The van der Waals surface area contributed by atoms with E-state index >= 15 is 0 Å². The fourth-order valence-corrected chi connectivity index (χ4v) is 2.73. The van der Waals surface area contributed by atoms with Crippen LogP contribution in [0.5, 0.6) is 0 Å². The summed E-state index contributed by atoms with van der Waals surface area (Å²) in [5, 5.41) is 0. The number of benzene rings is 1. The molecule has 1 fully saturated rings. The van der Waals surface area contributed by atoms with E-state index in [0.29, 0.717) is 24.2 Å². The van der Waals surface area contributed by atoms with Crippen LogP contribution in [0.15, 0.2) is 48.1 Å². The smallest absolute Gasteiger partial charge is 0.334 e. The van der Waals surface area contributed by atoms with E-state index in [-0.39, 0.29) is 6.61 Å². The van der Waals surface area contributed by atoms with Crippen LogP contribution in [0.25, 0.3) is 5.57 Å². The molecule has 1 spiro atoms. The number of hydrogen-bond acceptors (Lipinski definition) is 5. The Morgan fingerprint density at radius 2 is 2.14 bits per heavy atom. The van der Waals surface area contributed by atoms with Crippen LogP contribution in [0.2, 0.25) is 0 Å². The highest BCUT2D eigenvalue weighted by molar-refractivity contribution is 6.00. The minimum absolute atomic E-state index is 0.289. The maximum absolute atomic E-state index is 11.8. The van der Waals surface area contributed by atoms with Crippen molar-refractivity contribution in [2.75, 3.05) is 13.2 Å². The second kappa shape index (κ2) is 5.77. The summed E-state index contributed by atoms with van der Waals surface area (Å²) in [6, 6.07) is 9.38. The molecule has 1 unspecified atom stereocenters. The quantitative estimate of drug-likeness (QED) is 0.633. The SMILES string of the molecule is CCOC(=O)/C=C1/CCOC12OC(=O)C=C2c1ccccc1. The van der Waals surface area contributed by atoms with E-state index in [4.69, 9.17) is 14.2 Å². The predicted molar refractivity (Wildman–Crippen MR) is 78.5 cm³/mol. The average Bonchev–Trinajstić information content (AvgIpc) is 3.05.